The molecular formula is C15H10O5. The molecule has 2 aromatic rings. The number of carbonyl (C=O) groups is 2. The van der Waals surface area contributed by atoms with Crippen molar-refractivity contribution in [2.45, 2.75) is 0 Å². The van der Waals surface area contributed by atoms with Gasteiger partial charge in [-0.05, 0) is 23.6 Å². The van der Waals surface area contributed by atoms with E-state index in [2.05, 4.69) is 5.92 Å². The van der Waals surface area contributed by atoms with Gasteiger partial charge in [0.15, 0.2) is 0 Å². The van der Waals surface area contributed by atoms with Crippen molar-refractivity contribution >= 4 is 22.7 Å². The Morgan fingerprint density at radius 3 is 2.55 bits per heavy atom. The number of hydrogen-bond donors (Lipinski definition) is 2. The third-order valence-corrected chi connectivity index (χ3v) is 2.73. The Morgan fingerprint density at radius 2 is 1.95 bits per heavy atom. The van der Waals surface area contributed by atoms with Gasteiger partial charge >= 0.3 is 11.9 Å². The number of carboxylic acids is 2. The number of rotatable bonds is 4. The monoisotopic (exact) mass is 270 g/mol. The number of ether oxygens (including phenoxy) is 1. The van der Waals surface area contributed by atoms with E-state index in [1.165, 1.54) is 18.2 Å². The van der Waals surface area contributed by atoms with Crippen LogP contribution in [0, 0.1) is 12.3 Å². The van der Waals surface area contributed by atoms with Crippen molar-refractivity contribution in [3.8, 4) is 18.1 Å². The van der Waals surface area contributed by atoms with Crippen LogP contribution in [0.15, 0.2) is 30.3 Å². The van der Waals surface area contributed by atoms with E-state index in [0.29, 0.717) is 10.8 Å². The van der Waals surface area contributed by atoms with Crippen LogP contribution in [0.3, 0.4) is 0 Å². The second-order valence-corrected chi connectivity index (χ2v) is 3.98. The topological polar surface area (TPSA) is 83.8 Å². The van der Waals surface area contributed by atoms with Gasteiger partial charge in [-0.15, -0.1) is 6.42 Å². The van der Waals surface area contributed by atoms with Crippen molar-refractivity contribution in [1.82, 2.24) is 0 Å². The first-order valence-electron chi connectivity index (χ1n) is 5.64. The molecule has 0 saturated heterocycles. The van der Waals surface area contributed by atoms with Gasteiger partial charge in [0.2, 0.25) is 0 Å². The smallest absolute Gasteiger partial charge is 0.336 e. The molecule has 100 valence electrons. The highest BCUT2D eigenvalue weighted by Crippen LogP contribution is 2.31. The highest BCUT2D eigenvalue weighted by atomic mass is 16.5. The Hall–Kier alpha value is -3.00. The minimum absolute atomic E-state index is 0.00654. The Morgan fingerprint density at radius 1 is 1.20 bits per heavy atom. The molecule has 0 saturated carbocycles. The predicted octanol–water partition coefficient (Wildman–Crippen LogP) is 2.25. The van der Waals surface area contributed by atoms with Gasteiger partial charge in [-0.25, -0.2) is 9.59 Å². The van der Waals surface area contributed by atoms with Gasteiger partial charge in [0, 0.05) is 5.39 Å². The zero-order chi connectivity index (χ0) is 14.7. The van der Waals surface area contributed by atoms with Crippen LogP contribution in [0.5, 0.6) is 5.75 Å². The zero-order valence-corrected chi connectivity index (χ0v) is 10.3. The van der Waals surface area contributed by atoms with Crippen molar-refractivity contribution in [3.05, 3.63) is 41.5 Å². The van der Waals surface area contributed by atoms with E-state index in [9.17, 15) is 14.7 Å². The fourth-order valence-electron chi connectivity index (χ4n) is 1.92. The van der Waals surface area contributed by atoms with Gasteiger partial charge in [0.25, 0.3) is 0 Å². The van der Waals surface area contributed by atoms with Gasteiger partial charge in [-0.3, -0.25) is 0 Å². The second kappa shape index (κ2) is 5.33. The molecule has 2 N–H and O–H groups in total. The molecule has 0 amide bonds. The van der Waals surface area contributed by atoms with Crippen LogP contribution in [0.2, 0.25) is 0 Å². The van der Waals surface area contributed by atoms with Crippen LogP contribution in [-0.4, -0.2) is 28.8 Å². The van der Waals surface area contributed by atoms with Gasteiger partial charge in [-0.2, -0.15) is 0 Å². The predicted molar refractivity (Wildman–Crippen MR) is 72.2 cm³/mol. The quantitative estimate of drug-likeness (QED) is 0.832. The van der Waals surface area contributed by atoms with Crippen LogP contribution in [0.4, 0.5) is 0 Å². The van der Waals surface area contributed by atoms with Crippen molar-refractivity contribution in [2.24, 2.45) is 0 Å². The maximum Gasteiger partial charge on any atom is 0.336 e. The Balaban J connectivity index is 2.78. The fraction of sp³-hybridized carbons (Fsp3) is 0.0667. The molecule has 5 heteroatoms. The molecule has 5 nitrogen and oxygen atoms in total. The first-order valence-corrected chi connectivity index (χ1v) is 5.64. The first kappa shape index (κ1) is 13.4. The largest absolute Gasteiger partial charge is 0.480 e. The lowest BCUT2D eigenvalue weighted by Crippen LogP contribution is -2.04. The van der Waals surface area contributed by atoms with E-state index in [-0.39, 0.29) is 23.5 Å². The number of benzene rings is 2. The second-order valence-electron chi connectivity index (χ2n) is 3.98. The Bertz CT molecular complexity index is 740. The minimum atomic E-state index is -1.13. The van der Waals surface area contributed by atoms with Crippen LogP contribution in [0.1, 0.15) is 20.7 Å². The van der Waals surface area contributed by atoms with Crippen LogP contribution >= 0.6 is 0 Å². The van der Waals surface area contributed by atoms with Gasteiger partial charge in [0.05, 0.1) is 11.1 Å². The van der Waals surface area contributed by atoms with Crippen LogP contribution in [0.25, 0.3) is 10.8 Å². The molecule has 0 fully saturated rings. The Labute approximate surface area is 114 Å². The highest BCUT2D eigenvalue weighted by Gasteiger charge is 2.16. The molecule has 0 radical (unpaired) electrons. The molecule has 2 rings (SSSR count). The van der Waals surface area contributed by atoms with E-state index < -0.39 is 11.9 Å². The SMILES string of the molecule is C#CCOc1cc(C(=O)O)cc2cccc(C(=O)O)c12. The maximum absolute atomic E-state index is 11.2. The lowest BCUT2D eigenvalue weighted by atomic mass is 10.0. The molecule has 0 atom stereocenters. The average Bonchev–Trinajstić information content (AvgIpc) is 2.43. The van der Waals surface area contributed by atoms with Crippen molar-refractivity contribution in [1.29, 1.82) is 0 Å². The van der Waals surface area contributed by atoms with Crippen molar-refractivity contribution < 1.29 is 24.5 Å². The molecule has 0 aliphatic rings. The van der Waals surface area contributed by atoms with E-state index >= 15 is 0 Å². The summed E-state index contributed by atoms with van der Waals surface area (Å²) >= 11 is 0. The fourth-order valence-corrected chi connectivity index (χ4v) is 1.92. The molecule has 0 spiro atoms. The molecule has 0 aliphatic heterocycles. The van der Waals surface area contributed by atoms with E-state index in [4.69, 9.17) is 16.3 Å². The first-order chi connectivity index (χ1) is 9.54. The third kappa shape index (κ3) is 2.40. The molecule has 0 heterocycles. The summed E-state index contributed by atoms with van der Waals surface area (Å²) in [6.07, 6.45) is 5.11. The molecule has 20 heavy (non-hydrogen) atoms. The van der Waals surface area contributed by atoms with Gasteiger partial charge < -0.3 is 14.9 Å². The summed E-state index contributed by atoms with van der Waals surface area (Å²) < 4.78 is 5.29. The van der Waals surface area contributed by atoms with E-state index in [0.717, 1.165) is 0 Å². The molecule has 0 bridgehead atoms. The third-order valence-electron chi connectivity index (χ3n) is 2.73. The summed E-state index contributed by atoms with van der Waals surface area (Å²) in [5.74, 6) is 0.162. The van der Waals surface area contributed by atoms with Gasteiger partial charge in [0.1, 0.15) is 12.4 Å². The van der Waals surface area contributed by atoms with E-state index in [1.807, 2.05) is 0 Å². The zero-order valence-electron chi connectivity index (χ0n) is 10.3. The number of carboxylic acid groups (broad SMARTS) is 2. The lowest BCUT2D eigenvalue weighted by molar-refractivity contribution is 0.0688. The summed E-state index contributed by atoms with van der Waals surface area (Å²) in [6, 6.07) is 7.26. The minimum Gasteiger partial charge on any atom is -0.480 e. The number of terminal acetylenes is 1. The standard InChI is InChI=1S/C15H10O5/c1-2-6-20-12-8-10(14(16)17)7-9-4-3-5-11(13(9)12)15(18)19/h1,3-5,7-8H,6H2,(H,16,17)(H,18,19). The molecular weight excluding hydrogens is 260 g/mol. The number of hydrogen-bond acceptors (Lipinski definition) is 3. The number of aromatic carboxylic acids is 2. The van der Waals surface area contributed by atoms with Crippen LogP contribution in [-0.2, 0) is 0 Å². The molecule has 0 aliphatic carbocycles. The maximum atomic E-state index is 11.2. The Kier molecular flexibility index (Phi) is 3.58. The summed E-state index contributed by atoms with van der Waals surface area (Å²) in [4.78, 5) is 22.3. The lowest BCUT2D eigenvalue weighted by Gasteiger charge is -2.11. The normalized spacial score (nSPS) is 9.95. The molecule has 2 aromatic carbocycles. The summed E-state index contributed by atoms with van der Waals surface area (Å²) in [5.41, 5.74) is 0.0403. The average molecular weight is 270 g/mol. The molecule has 0 unspecified atom stereocenters. The summed E-state index contributed by atoms with van der Waals surface area (Å²) in [7, 11) is 0. The van der Waals surface area contributed by atoms with E-state index in [1.54, 1.807) is 12.1 Å². The molecule has 0 aromatic heterocycles. The number of fused-ring (bicyclic) bond motifs is 1. The summed E-state index contributed by atoms with van der Waals surface area (Å²) in [6.45, 7) is -0.0773. The van der Waals surface area contributed by atoms with Gasteiger partial charge in [-0.1, -0.05) is 18.1 Å². The summed E-state index contributed by atoms with van der Waals surface area (Å²) in [5, 5.41) is 19.1. The highest BCUT2D eigenvalue weighted by molar-refractivity contribution is 6.08. The van der Waals surface area contributed by atoms with Crippen LogP contribution < -0.4 is 4.74 Å². The van der Waals surface area contributed by atoms with Crippen molar-refractivity contribution in [3.63, 3.8) is 0 Å². The van der Waals surface area contributed by atoms with Crippen molar-refractivity contribution in [2.75, 3.05) is 6.61 Å².